The number of piperidine rings is 1. The molecule has 0 saturated carbocycles. The summed E-state index contributed by atoms with van der Waals surface area (Å²) in [5, 5.41) is 0. The van der Waals surface area contributed by atoms with Crippen LogP contribution in [0.1, 0.15) is 39.3 Å². The van der Waals surface area contributed by atoms with Crippen molar-refractivity contribution in [2.24, 2.45) is 5.92 Å². The van der Waals surface area contributed by atoms with Gasteiger partial charge in [-0.2, -0.15) is 0 Å². The highest BCUT2D eigenvalue weighted by Crippen LogP contribution is 2.21. The van der Waals surface area contributed by atoms with E-state index in [4.69, 9.17) is 4.74 Å². The van der Waals surface area contributed by atoms with E-state index in [1.54, 1.807) is 6.33 Å². The number of rotatable bonds is 2. The number of aromatic amines is 1. The maximum atomic E-state index is 12.0. The van der Waals surface area contributed by atoms with Crippen molar-refractivity contribution in [3.05, 3.63) is 18.2 Å². The van der Waals surface area contributed by atoms with Gasteiger partial charge in [-0.15, -0.1) is 0 Å². The minimum absolute atomic E-state index is 0.193. The lowest BCUT2D eigenvalue weighted by Gasteiger charge is -2.34. The van der Waals surface area contributed by atoms with E-state index >= 15 is 0 Å². The second-order valence-electron chi connectivity index (χ2n) is 6.22. The third kappa shape index (κ3) is 4.26. The number of carbonyl (C=O) groups excluding carboxylic acids is 1. The molecule has 1 amide bonds. The lowest BCUT2D eigenvalue weighted by atomic mass is 9.94. The van der Waals surface area contributed by atoms with Crippen molar-refractivity contribution in [2.75, 3.05) is 13.1 Å². The molecule has 2 rings (SSSR count). The molecule has 1 aliphatic heterocycles. The van der Waals surface area contributed by atoms with Gasteiger partial charge in [0, 0.05) is 25.0 Å². The van der Waals surface area contributed by atoms with Crippen LogP contribution in [0, 0.1) is 5.92 Å². The third-order valence-electron chi connectivity index (χ3n) is 3.23. The molecule has 5 heteroatoms. The molecule has 19 heavy (non-hydrogen) atoms. The van der Waals surface area contributed by atoms with Crippen LogP contribution in [0.5, 0.6) is 0 Å². The van der Waals surface area contributed by atoms with Crippen molar-refractivity contribution in [2.45, 2.75) is 45.6 Å². The van der Waals surface area contributed by atoms with Gasteiger partial charge in [0.2, 0.25) is 0 Å². The molecular formula is C14H23N3O2. The van der Waals surface area contributed by atoms with Gasteiger partial charge in [0.1, 0.15) is 5.60 Å². The number of imidazole rings is 1. The van der Waals surface area contributed by atoms with E-state index in [9.17, 15) is 4.79 Å². The Labute approximate surface area is 114 Å². The molecule has 2 heterocycles. The summed E-state index contributed by atoms with van der Waals surface area (Å²) in [7, 11) is 0. The topological polar surface area (TPSA) is 58.2 Å². The van der Waals surface area contributed by atoms with Gasteiger partial charge in [-0.05, 0) is 46.0 Å². The van der Waals surface area contributed by atoms with Gasteiger partial charge in [-0.3, -0.25) is 0 Å². The fourth-order valence-electron chi connectivity index (χ4n) is 2.43. The highest BCUT2D eigenvalue weighted by molar-refractivity contribution is 5.68. The van der Waals surface area contributed by atoms with Crippen LogP contribution < -0.4 is 0 Å². The Bertz CT molecular complexity index is 409. The molecule has 1 saturated heterocycles. The van der Waals surface area contributed by atoms with Crippen LogP contribution in [-0.2, 0) is 11.2 Å². The molecule has 0 unspecified atom stereocenters. The maximum absolute atomic E-state index is 12.0. The van der Waals surface area contributed by atoms with Crippen LogP contribution in [0.15, 0.2) is 12.5 Å². The normalized spacial score (nSPS) is 20.4. The molecule has 5 nitrogen and oxygen atoms in total. The van der Waals surface area contributed by atoms with Gasteiger partial charge < -0.3 is 14.6 Å². The summed E-state index contributed by atoms with van der Waals surface area (Å²) in [6.45, 7) is 7.27. The van der Waals surface area contributed by atoms with E-state index in [1.807, 2.05) is 31.9 Å². The third-order valence-corrected chi connectivity index (χ3v) is 3.23. The Balaban J connectivity index is 1.88. The van der Waals surface area contributed by atoms with Crippen molar-refractivity contribution in [3.8, 4) is 0 Å². The lowest BCUT2D eigenvalue weighted by molar-refractivity contribution is 0.0165. The summed E-state index contributed by atoms with van der Waals surface area (Å²) in [4.78, 5) is 21.0. The van der Waals surface area contributed by atoms with E-state index in [2.05, 4.69) is 9.97 Å². The Morgan fingerprint density at radius 1 is 1.58 bits per heavy atom. The smallest absolute Gasteiger partial charge is 0.410 e. The fourth-order valence-corrected chi connectivity index (χ4v) is 2.43. The Morgan fingerprint density at radius 3 is 3.00 bits per heavy atom. The van der Waals surface area contributed by atoms with E-state index in [1.165, 1.54) is 0 Å². The standard InChI is InChI=1S/C14H23N3O2/c1-14(2,3)19-13(18)17-6-4-5-11(9-17)7-12-8-15-10-16-12/h8,10-11H,4-7,9H2,1-3H3,(H,15,16)/t11-/m1/s1. The second-order valence-corrected chi connectivity index (χ2v) is 6.22. The average Bonchev–Trinajstić information content (AvgIpc) is 2.80. The number of amides is 1. The number of H-pyrrole nitrogens is 1. The quantitative estimate of drug-likeness (QED) is 0.894. The summed E-state index contributed by atoms with van der Waals surface area (Å²) in [5.41, 5.74) is 0.712. The summed E-state index contributed by atoms with van der Waals surface area (Å²) in [5.74, 6) is 0.488. The second kappa shape index (κ2) is 5.63. The van der Waals surface area contributed by atoms with Crippen molar-refractivity contribution < 1.29 is 9.53 Å². The van der Waals surface area contributed by atoms with Gasteiger partial charge in [0.25, 0.3) is 0 Å². The number of likely N-dealkylation sites (tertiary alicyclic amines) is 1. The monoisotopic (exact) mass is 265 g/mol. The largest absolute Gasteiger partial charge is 0.444 e. The highest BCUT2D eigenvalue weighted by Gasteiger charge is 2.27. The van der Waals surface area contributed by atoms with Crippen LogP contribution >= 0.6 is 0 Å². The zero-order valence-electron chi connectivity index (χ0n) is 12.0. The van der Waals surface area contributed by atoms with Crippen molar-refractivity contribution in [1.29, 1.82) is 0 Å². The number of hydrogen-bond acceptors (Lipinski definition) is 3. The Morgan fingerprint density at radius 2 is 2.37 bits per heavy atom. The number of carbonyl (C=O) groups is 1. The molecule has 0 spiro atoms. The van der Waals surface area contributed by atoms with E-state index in [0.29, 0.717) is 5.92 Å². The number of nitrogens with zero attached hydrogens (tertiary/aromatic N) is 2. The van der Waals surface area contributed by atoms with Crippen LogP contribution in [0.25, 0.3) is 0 Å². The van der Waals surface area contributed by atoms with Crippen molar-refractivity contribution in [3.63, 3.8) is 0 Å². The van der Waals surface area contributed by atoms with E-state index < -0.39 is 5.60 Å². The summed E-state index contributed by atoms with van der Waals surface area (Å²) in [6, 6.07) is 0. The van der Waals surface area contributed by atoms with Crippen molar-refractivity contribution in [1.82, 2.24) is 14.9 Å². The molecule has 1 aromatic rings. The first-order valence-electron chi connectivity index (χ1n) is 6.89. The van der Waals surface area contributed by atoms with Crippen molar-refractivity contribution >= 4 is 6.09 Å². The molecule has 0 bridgehead atoms. The molecule has 0 aromatic carbocycles. The molecule has 1 atom stereocenters. The highest BCUT2D eigenvalue weighted by atomic mass is 16.6. The fraction of sp³-hybridized carbons (Fsp3) is 0.714. The predicted octanol–water partition coefficient (Wildman–Crippen LogP) is 2.60. The minimum atomic E-state index is -0.423. The van der Waals surface area contributed by atoms with Gasteiger partial charge in [-0.25, -0.2) is 9.78 Å². The number of aromatic nitrogens is 2. The van der Waals surface area contributed by atoms with Gasteiger partial charge in [0.15, 0.2) is 0 Å². The average molecular weight is 265 g/mol. The molecule has 1 fully saturated rings. The van der Waals surface area contributed by atoms with Crippen LogP contribution in [0.3, 0.4) is 0 Å². The lowest BCUT2D eigenvalue weighted by Crippen LogP contribution is -2.43. The number of ether oxygens (including phenoxy) is 1. The van der Waals surface area contributed by atoms with E-state index in [-0.39, 0.29) is 6.09 Å². The zero-order valence-corrected chi connectivity index (χ0v) is 12.0. The first-order chi connectivity index (χ1) is 8.94. The Kier molecular flexibility index (Phi) is 4.12. The number of hydrogen-bond donors (Lipinski definition) is 1. The molecule has 0 radical (unpaired) electrons. The SMILES string of the molecule is CC(C)(C)OC(=O)N1CCC[C@H](Cc2cnc[nH]2)C1. The summed E-state index contributed by atoms with van der Waals surface area (Å²) >= 11 is 0. The maximum Gasteiger partial charge on any atom is 0.410 e. The summed E-state index contributed by atoms with van der Waals surface area (Å²) in [6.07, 6.45) is 6.49. The zero-order chi connectivity index (χ0) is 13.9. The first-order valence-corrected chi connectivity index (χ1v) is 6.89. The predicted molar refractivity (Wildman–Crippen MR) is 72.8 cm³/mol. The van der Waals surface area contributed by atoms with Gasteiger partial charge in [-0.1, -0.05) is 0 Å². The Hall–Kier alpha value is -1.52. The number of nitrogens with one attached hydrogen (secondary N) is 1. The molecule has 106 valence electrons. The molecule has 0 aliphatic carbocycles. The molecule has 1 aliphatic rings. The molecule has 1 N–H and O–H groups in total. The first kappa shape index (κ1) is 13.9. The minimum Gasteiger partial charge on any atom is -0.444 e. The van der Waals surface area contributed by atoms with E-state index in [0.717, 1.165) is 38.0 Å². The van der Waals surface area contributed by atoms with Gasteiger partial charge >= 0.3 is 6.09 Å². The molecular weight excluding hydrogens is 242 g/mol. The van der Waals surface area contributed by atoms with Gasteiger partial charge in [0.05, 0.1) is 6.33 Å². The summed E-state index contributed by atoms with van der Waals surface area (Å²) < 4.78 is 5.43. The van der Waals surface area contributed by atoms with Crippen LogP contribution in [-0.4, -0.2) is 39.7 Å². The van der Waals surface area contributed by atoms with Crippen LogP contribution in [0.4, 0.5) is 4.79 Å². The molecule has 1 aromatic heterocycles. The van der Waals surface area contributed by atoms with Crippen LogP contribution in [0.2, 0.25) is 0 Å².